The molecule has 154 valence electrons. The maximum atomic E-state index is 13.1. The van der Waals surface area contributed by atoms with Gasteiger partial charge in [-0.05, 0) is 26.0 Å². The molecule has 7 heteroatoms. The average molecular weight is 399 g/mol. The summed E-state index contributed by atoms with van der Waals surface area (Å²) in [6.45, 7) is 5.68. The lowest BCUT2D eigenvalue weighted by molar-refractivity contribution is -0.147. The van der Waals surface area contributed by atoms with Crippen LogP contribution in [-0.4, -0.2) is 60.5 Å². The van der Waals surface area contributed by atoms with E-state index in [0.29, 0.717) is 31.9 Å². The maximum absolute atomic E-state index is 13.1. The number of Topliss-reactive ketones (excluding diaryl/α,β-unsaturated/α-hetero) is 1. The highest BCUT2D eigenvalue weighted by atomic mass is 16.6. The van der Waals surface area contributed by atoms with Crippen LogP contribution >= 0.6 is 0 Å². The molecule has 0 amide bonds. The number of aliphatic hydroxyl groups excluding tert-OH is 1. The monoisotopic (exact) mass is 399 g/mol. The SMILES string of the molecule is CC(=O)C(Oc1cc(N2CCOCC2)ccc1C(=O)c1ccc(C)cc1)C(O)O. The number of aliphatic hydroxyl groups is 2. The molecule has 2 aromatic rings. The number of ether oxygens (including phenoxy) is 2. The lowest BCUT2D eigenvalue weighted by Gasteiger charge is -2.30. The third-order valence-electron chi connectivity index (χ3n) is 4.83. The van der Waals surface area contributed by atoms with Crippen molar-refractivity contribution in [2.75, 3.05) is 31.2 Å². The third kappa shape index (κ3) is 5.00. The van der Waals surface area contributed by atoms with Crippen LogP contribution in [0.4, 0.5) is 5.69 Å². The molecule has 0 radical (unpaired) electrons. The Hall–Kier alpha value is -2.74. The van der Waals surface area contributed by atoms with Crippen LogP contribution in [0.1, 0.15) is 28.4 Å². The van der Waals surface area contributed by atoms with Crippen LogP contribution in [-0.2, 0) is 9.53 Å². The Morgan fingerprint density at radius 2 is 1.72 bits per heavy atom. The highest BCUT2D eigenvalue weighted by Crippen LogP contribution is 2.30. The molecular formula is C22H25NO6. The predicted molar refractivity (Wildman–Crippen MR) is 107 cm³/mol. The van der Waals surface area contributed by atoms with E-state index in [0.717, 1.165) is 11.3 Å². The van der Waals surface area contributed by atoms with Gasteiger partial charge < -0.3 is 24.6 Å². The van der Waals surface area contributed by atoms with Crippen molar-refractivity contribution in [2.24, 2.45) is 0 Å². The molecular weight excluding hydrogens is 374 g/mol. The number of hydrogen-bond donors (Lipinski definition) is 2. The van der Waals surface area contributed by atoms with E-state index >= 15 is 0 Å². The van der Waals surface area contributed by atoms with Gasteiger partial charge in [0, 0.05) is 30.4 Å². The van der Waals surface area contributed by atoms with E-state index < -0.39 is 18.2 Å². The van der Waals surface area contributed by atoms with Crippen LogP contribution in [0.25, 0.3) is 0 Å². The Bertz CT molecular complexity index is 871. The minimum absolute atomic E-state index is 0.132. The Balaban J connectivity index is 2.00. The largest absolute Gasteiger partial charge is 0.476 e. The predicted octanol–water partition coefficient (Wildman–Crippen LogP) is 1.71. The fraction of sp³-hybridized carbons (Fsp3) is 0.364. The Kier molecular flexibility index (Phi) is 6.64. The second kappa shape index (κ2) is 9.17. The normalized spacial score (nSPS) is 15.3. The first-order valence-electron chi connectivity index (χ1n) is 9.48. The average Bonchev–Trinajstić information content (AvgIpc) is 2.72. The van der Waals surface area contributed by atoms with Crippen LogP contribution in [0.15, 0.2) is 42.5 Å². The molecule has 1 atom stereocenters. The van der Waals surface area contributed by atoms with Crippen molar-refractivity contribution in [3.8, 4) is 5.75 Å². The molecule has 0 saturated carbocycles. The van der Waals surface area contributed by atoms with Gasteiger partial charge in [-0.2, -0.15) is 0 Å². The minimum atomic E-state index is -2.00. The van der Waals surface area contributed by atoms with Crippen molar-refractivity contribution in [1.82, 2.24) is 0 Å². The smallest absolute Gasteiger partial charge is 0.206 e. The van der Waals surface area contributed by atoms with Crippen LogP contribution < -0.4 is 9.64 Å². The molecule has 1 saturated heterocycles. The summed E-state index contributed by atoms with van der Waals surface area (Å²) in [5, 5.41) is 19.1. The molecule has 1 heterocycles. The number of rotatable bonds is 7. The van der Waals surface area contributed by atoms with Crippen molar-refractivity contribution in [3.05, 3.63) is 59.2 Å². The van der Waals surface area contributed by atoms with E-state index in [9.17, 15) is 19.8 Å². The van der Waals surface area contributed by atoms with Gasteiger partial charge in [-0.15, -0.1) is 0 Å². The fourth-order valence-corrected chi connectivity index (χ4v) is 3.17. The summed E-state index contributed by atoms with van der Waals surface area (Å²) in [7, 11) is 0. The van der Waals surface area contributed by atoms with Gasteiger partial charge in [0.2, 0.25) is 6.10 Å². The van der Waals surface area contributed by atoms with Crippen molar-refractivity contribution < 1.29 is 29.3 Å². The van der Waals surface area contributed by atoms with Crippen molar-refractivity contribution >= 4 is 17.3 Å². The first-order valence-corrected chi connectivity index (χ1v) is 9.48. The molecule has 7 nitrogen and oxygen atoms in total. The number of aryl methyl sites for hydroxylation is 1. The number of nitrogens with zero attached hydrogens (tertiary/aromatic N) is 1. The van der Waals surface area contributed by atoms with E-state index in [-0.39, 0.29) is 17.1 Å². The lowest BCUT2D eigenvalue weighted by Crippen LogP contribution is -2.38. The first-order chi connectivity index (χ1) is 13.9. The van der Waals surface area contributed by atoms with Gasteiger partial charge in [0.25, 0.3) is 0 Å². The zero-order chi connectivity index (χ0) is 21.0. The molecule has 2 N–H and O–H groups in total. The number of hydrogen-bond acceptors (Lipinski definition) is 7. The quantitative estimate of drug-likeness (QED) is 0.540. The van der Waals surface area contributed by atoms with Crippen LogP contribution in [0.3, 0.4) is 0 Å². The molecule has 0 aromatic heterocycles. The second-order valence-corrected chi connectivity index (χ2v) is 7.04. The number of ketones is 2. The molecule has 2 aromatic carbocycles. The number of carbonyl (C=O) groups excluding carboxylic acids is 2. The van der Waals surface area contributed by atoms with Crippen LogP contribution in [0, 0.1) is 6.92 Å². The lowest BCUT2D eigenvalue weighted by atomic mass is 10.0. The Morgan fingerprint density at radius 3 is 2.31 bits per heavy atom. The van der Waals surface area contributed by atoms with E-state index in [1.54, 1.807) is 24.3 Å². The number of anilines is 1. The summed E-state index contributed by atoms with van der Waals surface area (Å²) in [6, 6.07) is 12.2. The van der Waals surface area contributed by atoms with Crippen LogP contribution in [0.5, 0.6) is 5.75 Å². The van der Waals surface area contributed by atoms with Gasteiger partial charge in [-0.25, -0.2) is 0 Å². The molecule has 1 fully saturated rings. The highest BCUT2D eigenvalue weighted by molar-refractivity contribution is 6.11. The zero-order valence-corrected chi connectivity index (χ0v) is 16.5. The van der Waals surface area contributed by atoms with Crippen LogP contribution in [0.2, 0.25) is 0 Å². The summed E-state index contributed by atoms with van der Waals surface area (Å²) < 4.78 is 11.0. The molecule has 0 aliphatic carbocycles. The third-order valence-corrected chi connectivity index (χ3v) is 4.83. The molecule has 0 spiro atoms. The molecule has 1 aliphatic rings. The summed E-state index contributed by atoms with van der Waals surface area (Å²) in [5.74, 6) is -0.693. The standard InChI is InChI=1S/C22H25NO6/c1-14-3-5-16(6-4-14)20(25)18-8-7-17(23-9-11-28-12-10-23)13-19(18)29-21(15(2)24)22(26)27/h3-8,13,21-22,26-27H,9-12H2,1-2H3. The maximum Gasteiger partial charge on any atom is 0.206 e. The van der Waals surface area contributed by atoms with Crippen molar-refractivity contribution in [3.63, 3.8) is 0 Å². The minimum Gasteiger partial charge on any atom is -0.476 e. The molecule has 29 heavy (non-hydrogen) atoms. The first kappa shape index (κ1) is 21.0. The highest BCUT2D eigenvalue weighted by Gasteiger charge is 2.27. The van der Waals surface area contributed by atoms with Crippen molar-refractivity contribution in [1.29, 1.82) is 0 Å². The Labute approximate surface area is 169 Å². The number of morpholine rings is 1. The number of benzene rings is 2. The molecule has 0 bridgehead atoms. The van der Waals surface area contributed by atoms with Gasteiger partial charge in [-0.3, -0.25) is 9.59 Å². The van der Waals surface area contributed by atoms with E-state index in [4.69, 9.17) is 9.47 Å². The summed E-state index contributed by atoms with van der Waals surface area (Å²) >= 11 is 0. The second-order valence-electron chi connectivity index (χ2n) is 7.04. The topological polar surface area (TPSA) is 96.3 Å². The molecule has 1 unspecified atom stereocenters. The van der Waals surface area contributed by atoms with Crippen molar-refractivity contribution in [2.45, 2.75) is 26.2 Å². The number of carbonyl (C=O) groups is 2. The van der Waals surface area contributed by atoms with E-state index in [1.165, 1.54) is 6.92 Å². The molecule has 3 rings (SSSR count). The van der Waals surface area contributed by atoms with Gasteiger partial charge in [0.1, 0.15) is 5.75 Å². The fourth-order valence-electron chi connectivity index (χ4n) is 3.17. The Morgan fingerprint density at radius 1 is 1.07 bits per heavy atom. The molecule has 1 aliphatic heterocycles. The van der Waals surface area contributed by atoms with Gasteiger partial charge in [-0.1, -0.05) is 29.8 Å². The van der Waals surface area contributed by atoms with E-state index in [1.807, 2.05) is 25.1 Å². The van der Waals surface area contributed by atoms with Gasteiger partial charge in [0.05, 0.1) is 18.8 Å². The zero-order valence-electron chi connectivity index (χ0n) is 16.5. The van der Waals surface area contributed by atoms with E-state index in [2.05, 4.69) is 4.90 Å². The summed E-state index contributed by atoms with van der Waals surface area (Å²) in [6.07, 6.45) is -3.48. The summed E-state index contributed by atoms with van der Waals surface area (Å²) in [4.78, 5) is 26.9. The summed E-state index contributed by atoms with van der Waals surface area (Å²) in [5.41, 5.74) is 2.56. The van der Waals surface area contributed by atoms with Gasteiger partial charge in [0.15, 0.2) is 17.9 Å². The van der Waals surface area contributed by atoms with Gasteiger partial charge >= 0.3 is 0 Å².